The number of hydrogen-bond acceptors (Lipinski definition) is 4. The van der Waals surface area contributed by atoms with Gasteiger partial charge in [-0.2, -0.15) is 0 Å². The summed E-state index contributed by atoms with van der Waals surface area (Å²) in [6.45, 7) is 2.11. The summed E-state index contributed by atoms with van der Waals surface area (Å²) >= 11 is 0. The fourth-order valence-corrected chi connectivity index (χ4v) is 3.00. The van der Waals surface area contributed by atoms with Crippen molar-refractivity contribution in [3.05, 3.63) is 89.5 Å². The van der Waals surface area contributed by atoms with Gasteiger partial charge in [0.1, 0.15) is 12.4 Å². The predicted molar refractivity (Wildman–Crippen MR) is 112 cm³/mol. The Balaban J connectivity index is 1.57. The molecule has 3 rings (SSSR count). The maximum absolute atomic E-state index is 6.11. The van der Waals surface area contributed by atoms with Crippen LogP contribution >= 0.6 is 0 Å². The van der Waals surface area contributed by atoms with E-state index in [2.05, 4.69) is 35.6 Å². The number of benzene rings is 3. The molecule has 146 valence electrons. The number of nitrogens with one attached hydrogen (secondary N) is 1. The fraction of sp³-hybridized carbons (Fsp3) is 0.250. The van der Waals surface area contributed by atoms with Gasteiger partial charge in [-0.25, -0.2) is 0 Å². The molecular formula is C24H27NO3. The average molecular weight is 377 g/mol. The van der Waals surface area contributed by atoms with E-state index in [-0.39, 0.29) is 0 Å². The lowest BCUT2D eigenvalue weighted by molar-refractivity contribution is 0.280. The Bertz CT molecular complexity index is 847. The van der Waals surface area contributed by atoms with Gasteiger partial charge in [-0.15, -0.1) is 0 Å². The Hall–Kier alpha value is -2.98. The zero-order valence-corrected chi connectivity index (χ0v) is 16.5. The maximum atomic E-state index is 6.11. The van der Waals surface area contributed by atoms with E-state index in [1.807, 2.05) is 42.5 Å². The van der Waals surface area contributed by atoms with Crippen LogP contribution in [-0.4, -0.2) is 20.8 Å². The Labute approximate surface area is 167 Å². The van der Waals surface area contributed by atoms with E-state index in [9.17, 15) is 0 Å². The highest BCUT2D eigenvalue weighted by molar-refractivity contribution is 5.46. The van der Waals surface area contributed by atoms with Crippen LogP contribution in [-0.2, 0) is 19.6 Å². The molecule has 0 radical (unpaired) electrons. The largest absolute Gasteiger partial charge is 0.497 e. The van der Waals surface area contributed by atoms with Crippen LogP contribution in [0.25, 0.3) is 0 Å². The molecule has 0 spiro atoms. The molecule has 28 heavy (non-hydrogen) atoms. The molecule has 0 unspecified atom stereocenters. The highest BCUT2D eigenvalue weighted by atomic mass is 16.5. The molecule has 0 aromatic heterocycles. The van der Waals surface area contributed by atoms with Crippen LogP contribution in [0.15, 0.2) is 72.8 Å². The number of rotatable bonds is 10. The molecule has 0 amide bonds. The minimum Gasteiger partial charge on any atom is -0.497 e. The van der Waals surface area contributed by atoms with E-state index in [1.165, 1.54) is 5.56 Å². The zero-order chi connectivity index (χ0) is 19.6. The van der Waals surface area contributed by atoms with E-state index >= 15 is 0 Å². The first kappa shape index (κ1) is 19.8. The summed E-state index contributed by atoms with van der Waals surface area (Å²) in [4.78, 5) is 0. The number of hydrogen-bond donors (Lipinski definition) is 1. The third-order valence-corrected chi connectivity index (χ3v) is 4.57. The maximum Gasteiger partial charge on any atom is 0.166 e. The highest BCUT2D eigenvalue weighted by Gasteiger charge is 2.10. The van der Waals surface area contributed by atoms with Crippen molar-refractivity contribution in [3.63, 3.8) is 0 Å². The second-order valence-electron chi connectivity index (χ2n) is 6.50. The average Bonchev–Trinajstić information content (AvgIpc) is 2.76. The van der Waals surface area contributed by atoms with Gasteiger partial charge in [-0.1, -0.05) is 54.6 Å². The SMILES string of the molecule is COc1ccc(CCNCc2cccc(OC)c2OCc2ccccc2)cc1. The van der Waals surface area contributed by atoms with Crippen molar-refractivity contribution in [1.29, 1.82) is 0 Å². The van der Waals surface area contributed by atoms with E-state index in [4.69, 9.17) is 14.2 Å². The van der Waals surface area contributed by atoms with Gasteiger partial charge < -0.3 is 19.5 Å². The van der Waals surface area contributed by atoms with Crippen LogP contribution in [0.4, 0.5) is 0 Å². The smallest absolute Gasteiger partial charge is 0.166 e. The van der Waals surface area contributed by atoms with E-state index in [0.717, 1.165) is 47.9 Å². The number of methoxy groups -OCH3 is 2. The summed E-state index contributed by atoms with van der Waals surface area (Å²) in [6, 6.07) is 24.3. The van der Waals surface area contributed by atoms with Gasteiger partial charge in [0.25, 0.3) is 0 Å². The molecule has 3 aromatic carbocycles. The molecule has 0 bridgehead atoms. The summed E-state index contributed by atoms with van der Waals surface area (Å²) in [5.41, 5.74) is 3.50. The minimum atomic E-state index is 0.514. The standard InChI is InChI=1S/C24H27NO3/c1-26-22-13-11-19(12-14-22)15-16-25-17-21-9-6-10-23(27-2)24(21)28-18-20-7-4-3-5-8-20/h3-14,25H,15-18H2,1-2H3. The van der Waals surface area contributed by atoms with E-state index in [0.29, 0.717) is 6.61 Å². The van der Waals surface area contributed by atoms with Gasteiger partial charge in [0.2, 0.25) is 0 Å². The Morgan fingerprint density at radius 2 is 1.54 bits per heavy atom. The molecule has 0 heterocycles. The van der Waals surface area contributed by atoms with Crippen LogP contribution in [0, 0.1) is 0 Å². The van der Waals surface area contributed by atoms with Crippen LogP contribution in [0.1, 0.15) is 16.7 Å². The lowest BCUT2D eigenvalue weighted by Crippen LogP contribution is -2.17. The minimum absolute atomic E-state index is 0.514. The summed E-state index contributed by atoms with van der Waals surface area (Å²) in [6.07, 6.45) is 0.953. The fourth-order valence-electron chi connectivity index (χ4n) is 3.00. The Morgan fingerprint density at radius 3 is 2.25 bits per heavy atom. The molecular weight excluding hydrogens is 350 g/mol. The summed E-state index contributed by atoms with van der Waals surface area (Å²) in [5.74, 6) is 2.43. The molecule has 0 saturated carbocycles. The van der Waals surface area contributed by atoms with Crippen molar-refractivity contribution in [2.45, 2.75) is 19.6 Å². The first-order valence-electron chi connectivity index (χ1n) is 9.46. The lowest BCUT2D eigenvalue weighted by atomic mass is 10.1. The lowest BCUT2D eigenvalue weighted by Gasteiger charge is -2.16. The highest BCUT2D eigenvalue weighted by Crippen LogP contribution is 2.31. The van der Waals surface area contributed by atoms with Crippen LogP contribution in [0.5, 0.6) is 17.2 Å². The van der Waals surface area contributed by atoms with Crippen molar-refractivity contribution in [1.82, 2.24) is 5.32 Å². The van der Waals surface area contributed by atoms with Crippen molar-refractivity contribution in [2.24, 2.45) is 0 Å². The van der Waals surface area contributed by atoms with Crippen LogP contribution in [0.2, 0.25) is 0 Å². The van der Waals surface area contributed by atoms with Gasteiger partial charge in [-0.3, -0.25) is 0 Å². The summed E-state index contributed by atoms with van der Waals surface area (Å²) < 4.78 is 16.8. The van der Waals surface area contributed by atoms with Gasteiger partial charge in [-0.05, 0) is 42.3 Å². The van der Waals surface area contributed by atoms with Crippen LogP contribution < -0.4 is 19.5 Å². The predicted octanol–water partition coefficient (Wildman–Crippen LogP) is 4.62. The van der Waals surface area contributed by atoms with Gasteiger partial charge in [0.15, 0.2) is 11.5 Å². The second-order valence-corrected chi connectivity index (χ2v) is 6.50. The molecule has 4 heteroatoms. The third-order valence-electron chi connectivity index (χ3n) is 4.57. The summed E-state index contributed by atoms with van der Waals surface area (Å²) in [5, 5.41) is 3.50. The molecule has 0 aliphatic carbocycles. The molecule has 0 fully saturated rings. The van der Waals surface area contributed by atoms with Crippen molar-refractivity contribution >= 4 is 0 Å². The second kappa shape index (κ2) is 10.4. The van der Waals surface area contributed by atoms with Gasteiger partial charge in [0.05, 0.1) is 14.2 Å². The van der Waals surface area contributed by atoms with Gasteiger partial charge in [0, 0.05) is 12.1 Å². The molecule has 0 saturated heterocycles. The zero-order valence-electron chi connectivity index (χ0n) is 16.5. The molecule has 0 aliphatic rings. The first-order valence-corrected chi connectivity index (χ1v) is 9.46. The molecule has 3 aromatic rings. The van der Waals surface area contributed by atoms with E-state index in [1.54, 1.807) is 14.2 Å². The Kier molecular flexibility index (Phi) is 7.33. The monoisotopic (exact) mass is 377 g/mol. The summed E-state index contributed by atoms with van der Waals surface area (Å²) in [7, 11) is 3.35. The van der Waals surface area contributed by atoms with Crippen molar-refractivity contribution in [3.8, 4) is 17.2 Å². The van der Waals surface area contributed by atoms with E-state index < -0.39 is 0 Å². The van der Waals surface area contributed by atoms with Crippen molar-refractivity contribution < 1.29 is 14.2 Å². The molecule has 0 aliphatic heterocycles. The number of ether oxygens (including phenoxy) is 3. The topological polar surface area (TPSA) is 39.7 Å². The first-order chi connectivity index (χ1) is 13.8. The Morgan fingerprint density at radius 1 is 0.750 bits per heavy atom. The molecule has 4 nitrogen and oxygen atoms in total. The molecule has 0 atom stereocenters. The normalized spacial score (nSPS) is 10.5. The quantitative estimate of drug-likeness (QED) is 0.524. The van der Waals surface area contributed by atoms with Crippen molar-refractivity contribution in [2.75, 3.05) is 20.8 Å². The molecule has 1 N–H and O–H groups in total. The third kappa shape index (κ3) is 5.51. The van der Waals surface area contributed by atoms with Gasteiger partial charge >= 0.3 is 0 Å². The number of para-hydroxylation sites is 1. The van der Waals surface area contributed by atoms with Crippen LogP contribution in [0.3, 0.4) is 0 Å².